The monoisotopic (exact) mass is 214 g/mol. The lowest BCUT2D eigenvalue weighted by atomic mass is 10.0. The maximum atomic E-state index is 8.56. The van der Waals surface area contributed by atoms with Crippen molar-refractivity contribution >= 4 is 5.57 Å². The number of hydrogen-bond acceptors (Lipinski definition) is 1. The van der Waals surface area contributed by atoms with E-state index in [9.17, 15) is 0 Å². The largest absolute Gasteiger partial charge is 0.392 e. The third-order valence-electron chi connectivity index (χ3n) is 2.29. The first-order valence-electron chi connectivity index (χ1n) is 5.57. The minimum Gasteiger partial charge on any atom is -0.392 e. The zero-order valence-electron chi connectivity index (χ0n) is 9.63. The Labute approximate surface area is 97.4 Å². The summed E-state index contributed by atoms with van der Waals surface area (Å²) in [4.78, 5) is 0. The number of aliphatic hydroxyl groups is 1. The van der Waals surface area contributed by atoms with Crippen LogP contribution in [0.25, 0.3) is 5.57 Å². The van der Waals surface area contributed by atoms with Crippen molar-refractivity contribution in [1.29, 1.82) is 0 Å². The van der Waals surface area contributed by atoms with Gasteiger partial charge in [0.25, 0.3) is 0 Å². The Bertz CT molecular complexity index is 372. The van der Waals surface area contributed by atoms with Gasteiger partial charge in [0.05, 0.1) is 6.61 Å². The molecule has 1 aromatic carbocycles. The number of rotatable bonds is 5. The van der Waals surface area contributed by atoms with E-state index in [1.165, 1.54) is 11.1 Å². The zero-order chi connectivity index (χ0) is 11.6. The van der Waals surface area contributed by atoms with Crippen LogP contribution in [0.3, 0.4) is 0 Å². The molecule has 0 aliphatic rings. The smallest absolute Gasteiger partial charge is 0.0615 e. The summed E-state index contributed by atoms with van der Waals surface area (Å²) < 4.78 is 0. The van der Waals surface area contributed by atoms with Gasteiger partial charge in [0.15, 0.2) is 0 Å². The number of hydrogen-bond donors (Lipinski definition) is 1. The molecule has 1 N–H and O–H groups in total. The summed E-state index contributed by atoms with van der Waals surface area (Å²) in [5.41, 5.74) is 2.58. The summed E-state index contributed by atoms with van der Waals surface area (Å²) in [5, 5.41) is 8.56. The van der Waals surface area contributed by atoms with Crippen molar-refractivity contribution < 1.29 is 5.11 Å². The lowest BCUT2D eigenvalue weighted by Gasteiger charge is -2.02. The minimum atomic E-state index is 0.0906. The molecule has 0 aliphatic heterocycles. The van der Waals surface area contributed by atoms with E-state index in [1.807, 2.05) is 36.4 Å². The van der Waals surface area contributed by atoms with Gasteiger partial charge in [-0.15, -0.1) is 0 Å². The second-order valence-corrected chi connectivity index (χ2v) is 3.41. The molecule has 84 valence electrons. The highest BCUT2D eigenvalue weighted by Gasteiger charge is 1.94. The van der Waals surface area contributed by atoms with Gasteiger partial charge in [-0.25, -0.2) is 0 Å². The lowest BCUT2D eigenvalue weighted by Crippen LogP contribution is -1.80. The van der Waals surface area contributed by atoms with Gasteiger partial charge in [-0.05, 0) is 17.6 Å². The van der Waals surface area contributed by atoms with Crippen molar-refractivity contribution in [3.63, 3.8) is 0 Å². The Morgan fingerprint density at radius 3 is 2.50 bits per heavy atom. The molecule has 0 atom stereocenters. The molecule has 0 radical (unpaired) electrons. The van der Waals surface area contributed by atoms with Gasteiger partial charge >= 0.3 is 0 Å². The van der Waals surface area contributed by atoms with Gasteiger partial charge in [0, 0.05) is 0 Å². The summed E-state index contributed by atoms with van der Waals surface area (Å²) >= 11 is 0. The number of aliphatic hydroxyl groups excluding tert-OH is 1. The quantitative estimate of drug-likeness (QED) is 0.743. The Hall–Kier alpha value is -1.60. The Kier molecular flexibility index (Phi) is 5.97. The van der Waals surface area contributed by atoms with Gasteiger partial charge < -0.3 is 5.11 Å². The van der Waals surface area contributed by atoms with Crippen LogP contribution in [0.4, 0.5) is 0 Å². The van der Waals surface area contributed by atoms with Gasteiger partial charge in [-0.2, -0.15) is 0 Å². The maximum absolute atomic E-state index is 8.56. The first-order valence-corrected chi connectivity index (χ1v) is 5.57. The first kappa shape index (κ1) is 12.5. The Morgan fingerprint density at radius 2 is 1.88 bits per heavy atom. The standard InChI is InChI=1S/C15H18O/c1-2-14(10-6-3-4-9-13-16)15-11-7-5-8-12-15/h3-12,16H,2,13H2,1H3/b6-3+,9-4+,14-10?. The summed E-state index contributed by atoms with van der Waals surface area (Å²) in [6, 6.07) is 10.4. The fourth-order valence-corrected chi connectivity index (χ4v) is 1.45. The SMILES string of the molecule is CCC(=C/C=C/C=C/CO)c1ccccc1. The second-order valence-electron chi connectivity index (χ2n) is 3.41. The average molecular weight is 214 g/mol. The molecular weight excluding hydrogens is 196 g/mol. The van der Waals surface area contributed by atoms with Crippen molar-refractivity contribution in [1.82, 2.24) is 0 Å². The highest BCUT2D eigenvalue weighted by atomic mass is 16.2. The van der Waals surface area contributed by atoms with Crippen molar-refractivity contribution in [2.45, 2.75) is 13.3 Å². The highest BCUT2D eigenvalue weighted by molar-refractivity contribution is 5.66. The van der Waals surface area contributed by atoms with Gasteiger partial charge in [0.2, 0.25) is 0 Å². The molecule has 1 nitrogen and oxygen atoms in total. The molecule has 0 aliphatic carbocycles. The summed E-state index contributed by atoms with van der Waals surface area (Å²) in [7, 11) is 0. The predicted molar refractivity (Wildman–Crippen MR) is 70.1 cm³/mol. The molecule has 0 unspecified atom stereocenters. The first-order chi connectivity index (χ1) is 7.88. The van der Waals surface area contributed by atoms with Crippen LogP contribution in [0, 0.1) is 0 Å². The predicted octanol–water partition coefficient (Wildman–Crippen LogP) is 3.58. The van der Waals surface area contributed by atoms with E-state index in [0.29, 0.717) is 0 Å². The van der Waals surface area contributed by atoms with Crippen LogP contribution in [0.2, 0.25) is 0 Å². The molecular formula is C15H18O. The summed E-state index contributed by atoms with van der Waals surface area (Å²) in [5.74, 6) is 0. The van der Waals surface area contributed by atoms with Crippen LogP contribution < -0.4 is 0 Å². The van der Waals surface area contributed by atoms with Crippen LogP contribution >= 0.6 is 0 Å². The molecule has 0 bridgehead atoms. The van der Waals surface area contributed by atoms with Gasteiger partial charge in [0.1, 0.15) is 0 Å². The van der Waals surface area contributed by atoms with Crippen LogP contribution in [0.1, 0.15) is 18.9 Å². The summed E-state index contributed by atoms with van der Waals surface area (Å²) in [6.07, 6.45) is 10.6. The number of allylic oxidation sites excluding steroid dienone is 5. The molecule has 1 heteroatoms. The van der Waals surface area contributed by atoms with E-state index in [4.69, 9.17) is 5.11 Å². The van der Waals surface area contributed by atoms with Crippen LogP contribution in [0.5, 0.6) is 0 Å². The Balaban J connectivity index is 2.71. The molecule has 0 heterocycles. The molecule has 0 spiro atoms. The molecule has 0 saturated heterocycles. The molecule has 1 aromatic rings. The fraction of sp³-hybridized carbons (Fsp3) is 0.200. The molecule has 0 fully saturated rings. The maximum Gasteiger partial charge on any atom is 0.0615 e. The van der Waals surface area contributed by atoms with Crippen molar-refractivity contribution in [3.8, 4) is 0 Å². The van der Waals surface area contributed by atoms with Crippen LogP contribution in [-0.4, -0.2) is 11.7 Å². The lowest BCUT2D eigenvalue weighted by molar-refractivity contribution is 0.343. The molecule has 16 heavy (non-hydrogen) atoms. The van der Waals surface area contributed by atoms with Crippen molar-refractivity contribution in [2.75, 3.05) is 6.61 Å². The summed E-state index contributed by atoms with van der Waals surface area (Å²) in [6.45, 7) is 2.24. The highest BCUT2D eigenvalue weighted by Crippen LogP contribution is 2.17. The van der Waals surface area contributed by atoms with Crippen LogP contribution in [0.15, 0.2) is 60.7 Å². The third-order valence-corrected chi connectivity index (χ3v) is 2.29. The normalized spacial score (nSPS) is 12.8. The fourth-order valence-electron chi connectivity index (χ4n) is 1.45. The molecule has 0 saturated carbocycles. The minimum absolute atomic E-state index is 0.0906. The van der Waals surface area contributed by atoms with E-state index in [-0.39, 0.29) is 6.61 Å². The van der Waals surface area contributed by atoms with Crippen molar-refractivity contribution in [3.05, 3.63) is 66.3 Å². The Morgan fingerprint density at radius 1 is 1.12 bits per heavy atom. The third kappa shape index (κ3) is 4.28. The van der Waals surface area contributed by atoms with Gasteiger partial charge in [-0.1, -0.05) is 67.6 Å². The van der Waals surface area contributed by atoms with E-state index < -0.39 is 0 Å². The van der Waals surface area contributed by atoms with E-state index in [2.05, 4.69) is 25.1 Å². The topological polar surface area (TPSA) is 20.2 Å². The molecule has 0 amide bonds. The molecule has 1 rings (SSSR count). The zero-order valence-corrected chi connectivity index (χ0v) is 9.63. The number of benzene rings is 1. The van der Waals surface area contributed by atoms with Crippen LogP contribution in [-0.2, 0) is 0 Å². The average Bonchev–Trinajstić information content (AvgIpc) is 2.35. The second kappa shape index (κ2) is 7.66. The van der Waals surface area contributed by atoms with E-state index in [0.717, 1.165) is 6.42 Å². The van der Waals surface area contributed by atoms with E-state index >= 15 is 0 Å². The van der Waals surface area contributed by atoms with E-state index in [1.54, 1.807) is 6.08 Å². The van der Waals surface area contributed by atoms with Gasteiger partial charge in [-0.3, -0.25) is 0 Å². The molecule has 0 aromatic heterocycles. The van der Waals surface area contributed by atoms with Crippen molar-refractivity contribution in [2.24, 2.45) is 0 Å².